The first-order chi connectivity index (χ1) is 14.7. The molecule has 2 heterocycles. The molecule has 1 aliphatic carbocycles. The topological polar surface area (TPSA) is 69.0 Å². The Balaban J connectivity index is 1.70. The van der Waals surface area contributed by atoms with Gasteiger partial charge in [0.1, 0.15) is 11.8 Å². The minimum atomic E-state index is -0.258. The Morgan fingerprint density at radius 1 is 1.23 bits per heavy atom. The van der Waals surface area contributed by atoms with Gasteiger partial charge in [0.2, 0.25) is 11.1 Å². The van der Waals surface area contributed by atoms with E-state index >= 15 is 0 Å². The Morgan fingerprint density at radius 2 is 2.10 bits per heavy atom. The number of carbonyl (C=O) groups excluding carboxylic acids is 1. The highest BCUT2D eigenvalue weighted by molar-refractivity contribution is 7.99. The summed E-state index contributed by atoms with van der Waals surface area (Å²) in [6.07, 6.45) is 6.74. The Hall–Kier alpha value is -2.28. The fourth-order valence-corrected chi connectivity index (χ4v) is 4.83. The number of thioether (sulfide) groups is 1. The maximum absolute atomic E-state index is 12.9. The van der Waals surface area contributed by atoms with E-state index in [0.717, 1.165) is 78.0 Å². The molecule has 0 bridgehead atoms. The van der Waals surface area contributed by atoms with Crippen LogP contribution >= 0.6 is 11.8 Å². The highest BCUT2D eigenvalue weighted by atomic mass is 32.2. The Morgan fingerprint density at radius 3 is 2.93 bits per heavy atom. The molecule has 160 valence electrons. The lowest BCUT2D eigenvalue weighted by Gasteiger charge is -2.32. The third-order valence-electron chi connectivity index (χ3n) is 5.52. The van der Waals surface area contributed by atoms with Crippen molar-refractivity contribution >= 4 is 23.5 Å². The van der Waals surface area contributed by atoms with Crippen LogP contribution < -0.4 is 10.1 Å². The fraction of sp³-hybridized carbons (Fsp3) is 0.522. The molecule has 0 amide bonds. The van der Waals surface area contributed by atoms with Crippen LogP contribution in [0.4, 0.5) is 5.95 Å². The summed E-state index contributed by atoms with van der Waals surface area (Å²) >= 11 is 1.68. The van der Waals surface area contributed by atoms with E-state index in [1.807, 2.05) is 22.9 Å². The van der Waals surface area contributed by atoms with Gasteiger partial charge < -0.3 is 10.1 Å². The molecular formula is C23H30N4O2S. The predicted molar refractivity (Wildman–Crippen MR) is 120 cm³/mol. The van der Waals surface area contributed by atoms with Gasteiger partial charge in [0.05, 0.1) is 6.61 Å². The third kappa shape index (κ3) is 4.41. The Labute approximate surface area is 182 Å². The largest absolute Gasteiger partial charge is 0.494 e. The average Bonchev–Trinajstić information content (AvgIpc) is 3.15. The lowest BCUT2D eigenvalue weighted by atomic mass is 9.85. The number of unbranched alkanes of at least 4 members (excludes halogenated alkanes) is 2. The molecule has 4 rings (SSSR count). The molecule has 0 saturated carbocycles. The summed E-state index contributed by atoms with van der Waals surface area (Å²) in [5.74, 6) is 2.76. The summed E-state index contributed by atoms with van der Waals surface area (Å²) in [5.41, 5.74) is 2.84. The molecule has 2 aromatic rings. The van der Waals surface area contributed by atoms with Crippen molar-refractivity contribution in [2.24, 2.45) is 0 Å². The number of carbonyl (C=O) groups is 1. The molecule has 0 spiro atoms. The smallest absolute Gasteiger partial charge is 0.227 e. The van der Waals surface area contributed by atoms with Gasteiger partial charge in [-0.3, -0.25) is 4.79 Å². The number of anilines is 1. The normalized spacial score (nSPS) is 18.1. The monoisotopic (exact) mass is 426 g/mol. The first-order valence-corrected chi connectivity index (χ1v) is 12.0. The molecular weight excluding hydrogens is 396 g/mol. The summed E-state index contributed by atoms with van der Waals surface area (Å²) < 4.78 is 7.82. The van der Waals surface area contributed by atoms with Crippen molar-refractivity contribution in [3.63, 3.8) is 0 Å². The fourth-order valence-electron chi connectivity index (χ4n) is 3.92. The van der Waals surface area contributed by atoms with Crippen molar-refractivity contribution in [1.82, 2.24) is 14.8 Å². The van der Waals surface area contributed by atoms with Crippen LogP contribution in [-0.4, -0.2) is 32.9 Å². The van der Waals surface area contributed by atoms with Crippen molar-refractivity contribution in [2.45, 2.75) is 70.0 Å². The second-order valence-corrected chi connectivity index (χ2v) is 8.90. The number of ketones is 1. The first kappa shape index (κ1) is 21.0. The van der Waals surface area contributed by atoms with Crippen LogP contribution in [0.3, 0.4) is 0 Å². The van der Waals surface area contributed by atoms with E-state index in [1.54, 1.807) is 11.8 Å². The van der Waals surface area contributed by atoms with E-state index in [2.05, 4.69) is 25.2 Å². The van der Waals surface area contributed by atoms with Gasteiger partial charge in [0.25, 0.3) is 0 Å². The predicted octanol–water partition coefficient (Wildman–Crippen LogP) is 5.37. The number of allylic oxidation sites excluding steroid dienone is 2. The number of hydrogen-bond acceptors (Lipinski definition) is 6. The third-order valence-corrected chi connectivity index (χ3v) is 6.44. The van der Waals surface area contributed by atoms with E-state index < -0.39 is 0 Å². The molecule has 0 radical (unpaired) electrons. The summed E-state index contributed by atoms with van der Waals surface area (Å²) in [5, 5.41) is 8.95. The van der Waals surface area contributed by atoms with Crippen molar-refractivity contribution < 1.29 is 9.53 Å². The SMILES string of the molecule is CCCCOc1cccc(C2C3=C(CCCC3=O)Nc3nc(SCCCC)nn32)c1. The van der Waals surface area contributed by atoms with Gasteiger partial charge in [0, 0.05) is 23.4 Å². The molecule has 1 unspecified atom stereocenters. The second-order valence-electron chi connectivity index (χ2n) is 7.84. The number of Topliss-reactive ketones (excluding diaryl/α,β-unsaturated/α-hetero) is 1. The van der Waals surface area contributed by atoms with Crippen LogP contribution in [0.1, 0.15) is 70.4 Å². The molecule has 0 fully saturated rings. The quantitative estimate of drug-likeness (QED) is 0.429. The number of aromatic nitrogens is 3. The Bertz CT molecular complexity index is 937. The van der Waals surface area contributed by atoms with E-state index in [1.165, 1.54) is 0 Å². The lowest BCUT2D eigenvalue weighted by molar-refractivity contribution is -0.116. The molecule has 7 heteroatoms. The highest BCUT2D eigenvalue weighted by Gasteiger charge is 2.37. The number of benzene rings is 1. The van der Waals surface area contributed by atoms with Gasteiger partial charge in [-0.15, -0.1) is 5.10 Å². The maximum Gasteiger partial charge on any atom is 0.227 e. The van der Waals surface area contributed by atoms with E-state index in [0.29, 0.717) is 13.0 Å². The highest BCUT2D eigenvalue weighted by Crippen LogP contribution is 2.41. The van der Waals surface area contributed by atoms with Crippen LogP contribution in [0, 0.1) is 0 Å². The number of nitrogens with zero attached hydrogens (tertiary/aromatic N) is 3. The first-order valence-electron chi connectivity index (χ1n) is 11.1. The molecule has 0 saturated heterocycles. The van der Waals surface area contributed by atoms with Gasteiger partial charge in [0.15, 0.2) is 5.78 Å². The molecule has 1 atom stereocenters. The van der Waals surface area contributed by atoms with Crippen molar-refractivity contribution in [3.05, 3.63) is 41.1 Å². The van der Waals surface area contributed by atoms with Crippen LogP contribution in [-0.2, 0) is 4.79 Å². The number of rotatable bonds is 9. The summed E-state index contributed by atoms with van der Waals surface area (Å²) in [4.78, 5) is 17.7. The maximum atomic E-state index is 12.9. The minimum Gasteiger partial charge on any atom is -0.494 e. The molecule has 1 N–H and O–H groups in total. The summed E-state index contributed by atoms with van der Waals surface area (Å²) in [6.45, 7) is 5.04. The van der Waals surface area contributed by atoms with Gasteiger partial charge in [-0.2, -0.15) is 4.98 Å². The zero-order valence-electron chi connectivity index (χ0n) is 17.8. The standard InChI is InChI=1S/C23H30N4O2S/c1-3-5-13-29-17-10-7-9-16(15-17)21-20-18(11-8-12-19(20)28)24-22-25-23(26-27(21)22)30-14-6-4-2/h7,9-10,15,21H,3-6,8,11-14H2,1-2H3,(H,24,25,26). The molecule has 1 aromatic carbocycles. The van der Waals surface area contributed by atoms with E-state index in [4.69, 9.17) is 14.8 Å². The zero-order chi connectivity index (χ0) is 20.9. The van der Waals surface area contributed by atoms with Crippen LogP contribution in [0.2, 0.25) is 0 Å². The van der Waals surface area contributed by atoms with E-state index in [9.17, 15) is 4.79 Å². The number of hydrogen-bond donors (Lipinski definition) is 1. The lowest BCUT2D eigenvalue weighted by Crippen LogP contribution is -2.31. The van der Waals surface area contributed by atoms with Gasteiger partial charge in [-0.1, -0.05) is 50.6 Å². The van der Waals surface area contributed by atoms with Gasteiger partial charge >= 0.3 is 0 Å². The molecule has 2 aliphatic rings. The van der Waals surface area contributed by atoms with E-state index in [-0.39, 0.29) is 11.8 Å². The van der Waals surface area contributed by atoms with Gasteiger partial charge in [-0.25, -0.2) is 4.68 Å². The Kier molecular flexibility index (Phi) is 6.77. The number of fused-ring (bicyclic) bond motifs is 1. The molecule has 1 aliphatic heterocycles. The summed E-state index contributed by atoms with van der Waals surface area (Å²) in [7, 11) is 0. The van der Waals surface area contributed by atoms with Crippen molar-refractivity contribution in [3.8, 4) is 5.75 Å². The van der Waals surface area contributed by atoms with Crippen LogP contribution in [0.15, 0.2) is 40.7 Å². The van der Waals surface area contributed by atoms with Crippen LogP contribution in [0.5, 0.6) is 5.75 Å². The van der Waals surface area contributed by atoms with Crippen molar-refractivity contribution in [1.29, 1.82) is 0 Å². The average molecular weight is 427 g/mol. The van der Waals surface area contributed by atoms with Crippen LogP contribution in [0.25, 0.3) is 0 Å². The molecule has 6 nitrogen and oxygen atoms in total. The summed E-state index contributed by atoms with van der Waals surface area (Å²) in [6, 6.07) is 7.83. The van der Waals surface area contributed by atoms with Crippen molar-refractivity contribution in [2.75, 3.05) is 17.7 Å². The van der Waals surface area contributed by atoms with Gasteiger partial charge in [-0.05, 0) is 43.4 Å². The zero-order valence-corrected chi connectivity index (χ0v) is 18.6. The number of nitrogens with one attached hydrogen (secondary N) is 1. The minimum absolute atomic E-state index is 0.201. The molecule has 30 heavy (non-hydrogen) atoms. The number of ether oxygens (including phenoxy) is 1. The second kappa shape index (κ2) is 9.69. The molecule has 1 aromatic heterocycles.